The molecule has 2 atom stereocenters. The molecule has 3 aromatic rings. The van der Waals surface area contributed by atoms with E-state index in [1.54, 1.807) is 31.5 Å². The number of phenolic OH excluding ortho intramolecular Hbond substituents is 1. The number of nitrogens with zero attached hydrogens (tertiary/aromatic N) is 6. The highest BCUT2D eigenvalue weighted by Gasteiger charge is 2.36. The predicted octanol–water partition coefficient (Wildman–Crippen LogP) is 2.29. The third kappa shape index (κ3) is 4.13. The molecule has 3 heterocycles. The minimum Gasteiger partial charge on any atom is -0.507 e. The van der Waals surface area contributed by atoms with Crippen molar-refractivity contribution in [3.8, 4) is 34.1 Å². The number of hydrogen-bond donors (Lipinski definition) is 2. The molecule has 2 aromatic heterocycles. The van der Waals surface area contributed by atoms with E-state index in [1.807, 2.05) is 6.07 Å². The van der Waals surface area contributed by atoms with Crippen LogP contribution in [-0.4, -0.2) is 62.5 Å². The first-order valence-corrected chi connectivity index (χ1v) is 10.5. The highest BCUT2D eigenvalue weighted by Crippen LogP contribution is 2.35. The Hall–Kier alpha value is -3.33. The lowest BCUT2D eigenvalue weighted by Gasteiger charge is -2.37. The quantitative estimate of drug-likeness (QED) is 0.644. The monoisotopic (exact) mass is 419 g/mol. The summed E-state index contributed by atoms with van der Waals surface area (Å²) in [6.07, 6.45) is 5.70. The summed E-state index contributed by atoms with van der Waals surface area (Å²) < 4.78 is 5.14. The maximum absolute atomic E-state index is 10.6. The Morgan fingerprint density at radius 1 is 1.06 bits per heavy atom. The van der Waals surface area contributed by atoms with Crippen LogP contribution >= 0.6 is 0 Å². The Balaban J connectivity index is 1.35. The molecule has 0 radical (unpaired) electrons. The van der Waals surface area contributed by atoms with Crippen LogP contribution in [0.5, 0.6) is 11.6 Å². The number of benzene rings is 1. The van der Waals surface area contributed by atoms with E-state index in [0.717, 1.165) is 24.6 Å². The molecule has 1 aliphatic carbocycles. The van der Waals surface area contributed by atoms with Gasteiger partial charge in [0.15, 0.2) is 0 Å². The van der Waals surface area contributed by atoms with Gasteiger partial charge < -0.3 is 20.1 Å². The number of rotatable bonds is 5. The van der Waals surface area contributed by atoms with Gasteiger partial charge in [0, 0.05) is 42.4 Å². The van der Waals surface area contributed by atoms with Crippen LogP contribution in [-0.2, 0) is 0 Å². The third-order valence-electron chi connectivity index (χ3n) is 5.85. The Bertz CT molecular complexity index is 1070. The molecule has 0 spiro atoms. The van der Waals surface area contributed by atoms with Gasteiger partial charge in [0.25, 0.3) is 0 Å². The van der Waals surface area contributed by atoms with E-state index in [0.29, 0.717) is 40.9 Å². The van der Waals surface area contributed by atoms with E-state index < -0.39 is 0 Å². The Labute approximate surface area is 180 Å². The Morgan fingerprint density at radius 3 is 2.65 bits per heavy atom. The second-order valence-electron chi connectivity index (χ2n) is 8.24. The molecule has 31 heavy (non-hydrogen) atoms. The molecule has 160 valence electrons. The van der Waals surface area contributed by atoms with Gasteiger partial charge in [0.1, 0.15) is 17.8 Å². The number of hydrogen-bond acceptors (Lipinski definition) is 9. The summed E-state index contributed by atoms with van der Waals surface area (Å²) in [5.74, 6) is 1.95. The number of piperazine rings is 1. The first-order valence-electron chi connectivity index (χ1n) is 10.5. The number of ether oxygens (including phenoxy) is 1. The highest BCUT2D eigenvalue weighted by molar-refractivity contribution is 5.72. The van der Waals surface area contributed by atoms with E-state index in [9.17, 15) is 5.11 Å². The molecule has 1 unspecified atom stereocenters. The third-order valence-corrected chi connectivity index (χ3v) is 5.85. The fraction of sp³-hybridized carbons (Fsp3) is 0.409. The van der Waals surface area contributed by atoms with Crippen molar-refractivity contribution in [3.05, 3.63) is 36.8 Å². The van der Waals surface area contributed by atoms with Crippen LogP contribution in [0.4, 0.5) is 5.95 Å². The summed E-state index contributed by atoms with van der Waals surface area (Å²) in [4.78, 5) is 15.0. The summed E-state index contributed by atoms with van der Waals surface area (Å²) in [5.41, 5.74) is 2.50. The molecule has 2 fully saturated rings. The van der Waals surface area contributed by atoms with Gasteiger partial charge in [-0.3, -0.25) is 0 Å². The van der Waals surface area contributed by atoms with Crippen LogP contribution in [0.25, 0.3) is 22.5 Å². The average Bonchev–Trinajstić information content (AvgIpc) is 3.64. The topological polar surface area (TPSA) is 109 Å². The van der Waals surface area contributed by atoms with Crippen molar-refractivity contribution in [2.45, 2.75) is 31.8 Å². The minimum atomic E-state index is 0.0866. The van der Waals surface area contributed by atoms with Gasteiger partial charge in [-0.1, -0.05) is 6.07 Å². The van der Waals surface area contributed by atoms with Gasteiger partial charge in [0.05, 0.1) is 19.0 Å². The average molecular weight is 419 g/mol. The van der Waals surface area contributed by atoms with Crippen LogP contribution in [0.15, 0.2) is 36.8 Å². The van der Waals surface area contributed by atoms with Gasteiger partial charge in [-0.15, -0.1) is 10.2 Å². The number of aromatic hydroxyl groups is 1. The Morgan fingerprint density at radius 2 is 1.94 bits per heavy atom. The Kier molecular flexibility index (Phi) is 5.11. The zero-order chi connectivity index (χ0) is 21.4. The zero-order valence-electron chi connectivity index (χ0n) is 17.6. The summed E-state index contributed by atoms with van der Waals surface area (Å²) in [6, 6.07) is 7.90. The van der Waals surface area contributed by atoms with Gasteiger partial charge >= 0.3 is 0 Å². The molecule has 2 aliphatic rings. The smallest absolute Gasteiger partial charge is 0.245 e. The van der Waals surface area contributed by atoms with Crippen molar-refractivity contribution >= 4 is 5.95 Å². The molecule has 2 N–H and O–H groups in total. The lowest BCUT2D eigenvalue weighted by Crippen LogP contribution is -2.56. The largest absolute Gasteiger partial charge is 0.507 e. The number of anilines is 1. The molecule has 1 aromatic carbocycles. The van der Waals surface area contributed by atoms with Gasteiger partial charge in [-0.25, -0.2) is 15.0 Å². The molecule has 9 nitrogen and oxygen atoms in total. The van der Waals surface area contributed by atoms with E-state index in [2.05, 4.69) is 42.3 Å². The standard InChI is InChI=1S/C22H25N7O2/c1-13-10-29(11-19(26-13)14-3-4-14)22-23-9-18(27-28-22)16-6-5-15(7-20(16)30)17-8-21(31-2)25-12-24-17/h5-9,12-14,19,26,30H,3-4,10-11H2,1-2H3/t13-,19?/m1/s1. The summed E-state index contributed by atoms with van der Waals surface area (Å²) in [5, 5.41) is 23.0. The van der Waals surface area contributed by atoms with E-state index >= 15 is 0 Å². The SMILES string of the molecule is COc1cc(-c2ccc(-c3cnc(N4CC(C5CC5)N[C@H](C)C4)nn3)c(O)c2)ncn1. The maximum Gasteiger partial charge on any atom is 0.245 e. The lowest BCUT2D eigenvalue weighted by molar-refractivity contribution is 0.355. The number of methoxy groups -OCH3 is 1. The van der Waals surface area contributed by atoms with Gasteiger partial charge in [-0.05, 0) is 37.8 Å². The van der Waals surface area contributed by atoms with Crippen LogP contribution in [0.3, 0.4) is 0 Å². The van der Waals surface area contributed by atoms with Crippen molar-refractivity contribution in [3.63, 3.8) is 0 Å². The van der Waals surface area contributed by atoms with Crippen molar-refractivity contribution in [1.29, 1.82) is 0 Å². The second kappa shape index (κ2) is 8.07. The van der Waals surface area contributed by atoms with Crippen molar-refractivity contribution in [2.75, 3.05) is 25.1 Å². The first-order chi connectivity index (χ1) is 15.1. The normalized spacial score (nSPS) is 21.2. The predicted molar refractivity (Wildman–Crippen MR) is 116 cm³/mol. The summed E-state index contributed by atoms with van der Waals surface area (Å²) in [6.45, 7) is 3.95. The van der Waals surface area contributed by atoms with E-state index in [1.165, 1.54) is 19.2 Å². The van der Waals surface area contributed by atoms with Crippen molar-refractivity contribution in [1.82, 2.24) is 30.5 Å². The zero-order valence-corrected chi connectivity index (χ0v) is 17.6. The molecule has 1 saturated carbocycles. The molecule has 0 amide bonds. The van der Waals surface area contributed by atoms with Crippen molar-refractivity contribution in [2.24, 2.45) is 5.92 Å². The second-order valence-corrected chi connectivity index (χ2v) is 8.24. The van der Waals surface area contributed by atoms with Crippen LogP contribution in [0.1, 0.15) is 19.8 Å². The molecule has 0 bridgehead atoms. The number of phenols is 1. The van der Waals surface area contributed by atoms with E-state index in [4.69, 9.17) is 4.74 Å². The number of nitrogens with one attached hydrogen (secondary N) is 1. The molecule has 9 heteroatoms. The fourth-order valence-electron chi connectivity index (χ4n) is 4.11. The van der Waals surface area contributed by atoms with E-state index in [-0.39, 0.29) is 5.75 Å². The van der Waals surface area contributed by atoms with Crippen LogP contribution in [0.2, 0.25) is 0 Å². The molecular formula is C22H25N7O2. The summed E-state index contributed by atoms with van der Waals surface area (Å²) >= 11 is 0. The first kappa shape index (κ1) is 19.6. The van der Waals surface area contributed by atoms with Crippen molar-refractivity contribution < 1.29 is 9.84 Å². The molecule has 1 saturated heterocycles. The lowest BCUT2D eigenvalue weighted by atomic mass is 10.1. The summed E-state index contributed by atoms with van der Waals surface area (Å²) in [7, 11) is 1.55. The van der Waals surface area contributed by atoms with Crippen LogP contribution in [0, 0.1) is 5.92 Å². The van der Waals surface area contributed by atoms with Gasteiger partial charge in [0.2, 0.25) is 11.8 Å². The van der Waals surface area contributed by atoms with Gasteiger partial charge in [-0.2, -0.15) is 0 Å². The fourth-order valence-corrected chi connectivity index (χ4v) is 4.11. The highest BCUT2D eigenvalue weighted by atomic mass is 16.5. The van der Waals surface area contributed by atoms with Crippen LogP contribution < -0.4 is 15.0 Å². The minimum absolute atomic E-state index is 0.0866. The molecule has 5 rings (SSSR count). The molecular weight excluding hydrogens is 394 g/mol. The maximum atomic E-state index is 10.6. The molecule has 1 aliphatic heterocycles. The number of aromatic nitrogens is 5.